The van der Waals surface area contributed by atoms with Crippen LogP contribution in [0.5, 0.6) is 0 Å². The Morgan fingerprint density at radius 2 is 1.29 bits per heavy atom. The molecule has 0 aliphatic carbocycles. The van der Waals surface area contributed by atoms with Gasteiger partial charge < -0.3 is 10.2 Å². The second-order valence-electron chi connectivity index (χ2n) is 4.00. The molecule has 1 radical (unpaired) electrons. The van der Waals surface area contributed by atoms with Crippen molar-refractivity contribution in [1.82, 2.24) is 4.90 Å². The third kappa shape index (κ3) is 8.69. The fraction of sp³-hybridized carbons (Fsp3) is 1.00. The van der Waals surface area contributed by atoms with Gasteiger partial charge in [-0.1, -0.05) is 47.0 Å². The molecule has 0 bridgehead atoms. The van der Waals surface area contributed by atoms with Crippen molar-refractivity contribution in [3.8, 4) is 0 Å². The van der Waals surface area contributed by atoms with E-state index in [2.05, 4.69) is 10.2 Å². The first-order chi connectivity index (χ1) is 7.97. The molecular weight excluding hydrogens is 285 g/mol. The van der Waals surface area contributed by atoms with E-state index < -0.39 is 0 Å². The maximum atomic E-state index is 4.40. The summed E-state index contributed by atoms with van der Waals surface area (Å²) in [5.41, 5.74) is 0. The van der Waals surface area contributed by atoms with Gasteiger partial charge >= 0.3 is 0 Å². The predicted molar refractivity (Wildman–Crippen MR) is 74.2 cm³/mol. The summed E-state index contributed by atoms with van der Waals surface area (Å²) in [7, 11) is 0. The second kappa shape index (κ2) is 15.1. The van der Waals surface area contributed by atoms with Crippen LogP contribution in [0.25, 0.3) is 5.32 Å². The quantitative estimate of drug-likeness (QED) is 0.713. The largest absolute Gasteiger partial charge is 0.662 e. The molecule has 0 unspecified atom stereocenters. The van der Waals surface area contributed by atoms with Crippen LogP contribution < -0.4 is 0 Å². The van der Waals surface area contributed by atoms with Crippen molar-refractivity contribution in [2.24, 2.45) is 0 Å². The molecular formula is C14H31N2Y-. The summed E-state index contributed by atoms with van der Waals surface area (Å²) in [4.78, 5) is 2.69. The van der Waals surface area contributed by atoms with Crippen molar-refractivity contribution < 1.29 is 32.7 Å². The van der Waals surface area contributed by atoms with Crippen LogP contribution in [0.15, 0.2) is 0 Å². The molecule has 0 aromatic heterocycles. The Labute approximate surface area is 134 Å². The van der Waals surface area contributed by atoms with Gasteiger partial charge in [-0.05, 0) is 25.9 Å². The van der Waals surface area contributed by atoms with E-state index in [4.69, 9.17) is 0 Å². The minimum Gasteiger partial charge on any atom is -0.662 e. The minimum absolute atomic E-state index is 0. The van der Waals surface area contributed by atoms with Gasteiger partial charge in [-0.3, -0.25) is 0 Å². The Morgan fingerprint density at radius 1 is 0.824 bits per heavy atom. The topological polar surface area (TPSA) is 17.3 Å². The summed E-state index contributed by atoms with van der Waals surface area (Å²) in [5.74, 6) is 0. The summed E-state index contributed by atoms with van der Waals surface area (Å²) in [5, 5.41) is 4.40. The van der Waals surface area contributed by atoms with Crippen molar-refractivity contribution in [2.75, 3.05) is 26.2 Å². The van der Waals surface area contributed by atoms with Crippen LogP contribution in [-0.4, -0.2) is 37.1 Å². The van der Waals surface area contributed by atoms with Crippen LogP contribution in [0.4, 0.5) is 0 Å². The van der Waals surface area contributed by atoms with Gasteiger partial charge in [0, 0.05) is 38.8 Å². The zero-order chi connectivity index (χ0) is 12.2. The normalized spacial score (nSPS) is 21.2. The fourth-order valence-corrected chi connectivity index (χ4v) is 2.39. The molecule has 2 nitrogen and oxygen atoms in total. The first-order valence-electron chi connectivity index (χ1n) is 7.34. The first-order valence-corrected chi connectivity index (χ1v) is 7.34. The van der Waals surface area contributed by atoms with Crippen LogP contribution in [0.1, 0.15) is 59.8 Å². The number of rotatable bonds is 1. The summed E-state index contributed by atoms with van der Waals surface area (Å²) in [6, 6.07) is 0.878. The van der Waals surface area contributed by atoms with Crippen molar-refractivity contribution in [3.63, 3.8) is 0 Å². The number of hydrogen-bond acceptors (Lipinski definition) is 1. The van der Waals surface area contributed by atoms with E-state index in [1.54, 1.807) is 0 Å². The molecule has 2 rings (SSSR count). The molecule has 0 N–H and O–H groups in total. The molecule has 2 saturated heterocycles. The molecule has 0 aromatic rings. The molecule has 17 heavy (non-hydrogen) atoms. The fourth-order valence-electron chi connectivity index (χ4n) is 2.39. The van der Waals surface area contributed by atoms with Crippen LogP contribution in [0.3, 0.4) is 0 Å². The number of hydrogen-bond donors (Lipinski definition) is 0. The van der Waals surface area contributed by atoms with Gasteiger partial charge in [0.25, 0.3) is 0 Å². The van der Waals surface area contributed by atoms with Crippen molar-refractivity contribution in [3.05, 3.63) is 5.32 Å². The summed E-state index contributed by atoms with van der Waals surface area (Å²) >= 11 is 0. The van der Waals surface area contributed by atoms with Crippen molar-refractivity contribution in [1.29, 1.82) is 0 Å². The van der Waals surface area contributed by atoms with E-state index in [9.17, 15) is 0 Å². The molecule has 0 aromatic carbocycles. The Balaban J connectivity index is 0. The Hall–Kier alpha value is 1.02. The van der Waals surface area contributed by atoms with Gasteiger partial charge in [0.2, 0.25) is 0 Å². The van der Waals surface area contributed by atoms with Gasteiger partial charge in [0.1, 0.15) is 0 Å². The Morgan fingerprint density at radius 3 is 1.76 bits per heavy atom. The van der Waals surface area contributed by atoms with Gasteiger partial charge in [-0.15, -0.1) is 13.1 Å². The summed E-state index contributed by atoms with van der Waals surface area (Å²) < 4.78 is 0. The van der Waals surface area contributed by atoms with E-state index in [1.165, 1.54) is 45.2 Å². The standard InChI is InChI=1S/C10H19N2.2C2H6.Y/c1-2-8-12(9-3-1)10-4-6-11-7-5-10;2*1-2;/h10H,1-9H2;2*1-2H3;/q-1;;;. The average Bonchev–Trinajstić information content (AvgIpc) is 2.45. The van der Waals surface area contributed by atoms with Gasteiger partial charge in [0.15, 0.2) is 0 Å². The van der Waals surface area contributed by atoms with Crippen LogP contribution >= 0.6 is 0 Å². The first kappa shape index (κ1) is 20.3. The van der Waals surface area contributed by atoms with E-state index >= 15 is 0 Å². The zero-order valence-corrected chi connectivity index (χ0v) is 15.3. The molecule has 2 heterocycles. The van der Waals surface area contributed by atoms with Crippen molar-refractivity contribution in [2.45, 2.75) is 65.8 Å². The molecule has 0 amide bonds. The molecule has 3 heteroatoms. The summed E-state index contributed by atoms with van der Waals surface area (Å²) in [6.07, 6.45) is 6.94. The Kier molecular flexibility index (Phi) is 18.0. The molecule has 0 spiro atoms. The van der Waals surface area contributed by atoms with E-state index in [1.807, 2.05) is 27.7 Å². The van der Waals surface area contributed by atoms with E-state index in [-0.39, 0.29) is 32.7 Å². The third-order valence-corrected chi connectivity index (χ3v) is 3.15. The van der Waals surface area contributed by atoms with E-state index in [0.29, 0.717) is 0 Å². The SMILES string of the molecule is C1CCN(C2CC[N-]CC2)CC1.CC.CC.[Y]. The van der Waals surface area contributed by atoms with E-state index in [0.717, 1.165) is 19.1 Å². The molecule has 2 aliphatic heterocycles. The molecule has 0 saturated carbocycles. The number of piperidine rings is 2. The smallest absolute Gasteiger partial charge is 0.00624 e. The van der Waals surface area contributed by atoms with Gasteiger partial charge in [0.05, 0.1) is 0 Å². The van der Waals surface area contributed by atoms with Crippen molar-refractivity contribution >= 4 is 0 Å². The van der Waals surface area contributed by atoms with Gasteiger partial charge in [-0.2, -0.15) is 0 Å². The molecule has 101 valence electrons. The monoisotopic (exact) mass is 316 g/mol. The third-order valence-electron chi connectivity index (χ3n) is 3.15. The maximum absolute atomic E-state index is 4.40. The zero-order valence-electron chi connectivity index (χ0n) is 12.4. The Bertz CT molecular complexity index is 114. The molecule has 2 aliphatic rings. The van der Waals surface area contributed by atoms with Crippen LogP contribution in [0, 0.1) is 0 Å². The minimum atomic E-state index is 0. The van der Waals surface area contributed by atoms with Crippen LogP contribution in [0.2, 0.25) is 0 Å². The number of nitrogens with zero attached hydrogens (tertiary/aromatic N) is 2. The van der Waals surface area contributed by atoms with Gasteiger partial charge in [-0.25, -0.2) is 0 Å². The second-order valence-corrected chi connectivity index (χ2v) is 4.00. The predicted octanol–water partition coefficient (Wildman–Crippen LogP) is 4.06. The summed E-state index contributed by atoms with van der Waals surface area (Å²) in [6.45, 7) is 12.9. The van der Waals surface area contributed by atoms with Crippen LogP contribution in [-0.2, 0) is 32.7 Å². The number of likely N-dealkylation sites (tertiary alicyclic amines) is 1. The molecule has 0 atom stereocenters. The maximum Gasteiger partial charge on any atom is 0.00624 e. The molecule has 2 fully saturated rings. The average molecular weight is 316 g/mol.